The Hall–Kier alpha value is -1.96. The lowest BCUT2D eigenvalue weighted by molar-refractivity contribution is 0.0648. The standard InChI is InChI=1S/C16H17FO5S/c1-12-2-8-16(9-3-12)23(19,20)22-11-14(18)10-21-15-6-4-13(17)5-7-15/h2-9,14,18H,10-11H2,1H3. The van der Waals surface area contributed by atoms with Gasteiger partial charge in [0.2, 0.25) is 0 Å². The number of ether oxygens (including phenoxy) is 1. The molecule has 2 aromatic rings. The van der Waals surface area contributed by atoms with Crippen molar-refractivity contribution in [2.45, 2.75) is 17.9 Å². The first-order valence-corrected chi connectivity index (χ1v) is 8.30. The van der Waals surface area contributed by atoms with Gasteiger partial charge in [-0.1, -0.05) is 17.7 Å². The largest absolute Gasteiger partial charge is 0.491 e. The Balaban J connectivity index is 1.84. The number of hydrogen-bond acceptors (Lipinski definition) is 5. The molecule has 0 spiro atoms. The summed E-state index contributed by atoms with van der Waals surface area (Å²) in [6.07, 6.45) is -1.14. The molecular weight excluding hydrogens is 323 g/mol. The number of aryl methyl sites for hydroxylation is 1. The molecule has 2 aromatic carbocycles. The van der Waals surface area contributed by atoms with Gasteiger partial charge in [-0.3, -0.25) is 4.18 Å². The fraction of sp³-hybridized carbons (Fsp3) is 0.250. The van der Waals surface area contributed by atoms with Gasteiger partial charge in [-0.15, -0.1) is 0 Å². The summed E-state index contributed by atoms with van der Waals surface area (Å²) in [5.41, 5.74) is 0.927. The Morgan fingerprint density at radius 3 is 2.26 bits per heavy atom. The highest BCUT2D eigenvalue weighted by Gasteiger charge is 2.17. The molecule has 23 heavy (non-hydrogen) atoms. The minimum Gasteiger partial charge on any atom is -0.491 e. The number of rotatable bonds is 7. The van der Waals surface area contributed by atoms with Crippen molar-refractivity contribution in [2.75, 3.05) is 13.2 Å². The highest BCUT2D eigenvalue weighted by molar-refractivity contribution is 7.86. The number of aliphatic hydroxyl groups excluding tert-OH is 1. The molecule has 5 nitrogen and oxygen atoms in total. The minimum atomic E-state index is -3.93. The molecule has 0 radical (unpaired) electrons. The maximum atomic E-state index is 12.7. The van der Waals surface area contributed by atoms with Crippen LogP contribution in [0, 0.1) is 12.7 Å². The molecule has 2 rings (SSSR count). The van der Waals surface area contributed by atoms with E-state index >= 15 is 0 Å². The van der Waals surface area contributed by atoms with Crippen molar-refractivity contribution in [1.29, 1.82) is 0 Å². The van der Waals surface area contributed by atoms with E-state index in [1.807, 2.05) is 6.92 Å². The summed E-state index contributed by atoms with van der Waals surface area (Å²) in [6, 6.07) is 11.4. The Bertz CT molecular complexity index is 726. The zero-order valence-electron chi connectivity index (χ0n) is 12.5. The molecule has 1 N–H and O–H groups in total. The third-order valence-corrected chi connectivity index (χ3v) is 4.28. The van der Waals surface area contributed by atoms with E-state index in [4.69, 9.17) is 8.92 Å². The molecule has 7 heteroatoms. The molecule has 0 saturated carbocycles. The van der Waals surface area contributed by atoms with Gasteiger partial charge in [-0.2, -0.15) is 8.42 Å². The molecule has 0 heterocycles. The molecule has 124 valence electrons. The van der Waals surface area contributed by atoms with Crippen molar-refractivity contribution in [3.8, 4) is 5.75 Å². The summed E-state index contributed by atoms with van der Waals surface area (Å²) in [5, 5.41) is 9.73. The van der Waals surface area contributed by atoms with Crippen molar-refractivity contribution in [3.05, 3.63) is 59.9 Å². The molecule has 0 bridgehead atoms. The van der Waals surface area contributed by atoms with Crippen LogP contribution in [0.15, 0.2) is 53.4 Å². The highest BCUT2D eigenvalue weighted by atomic mass is 32.2. The van der Waals surface area contributed by atoms with E-state index in [2.05, 4.69) is 0 Å². The lowest BCUT2D eigenvalue weighted by atomic mass is 10.2. The van der Waals surface area contributed by atoms with Crippen LogP contribution in [0.4, 0.5) is 4.39 Å². The molecule has 0 amide bonds. The van der Waals surface area contributed by atoms with E-state index in [1.54, 1.807) is 12.1 Å². The third-order valence-electron chi connectivity index (χ3n) is 2.98. The topological polar surface area (TPSA) is 72.8 Å². The smallest absolute Gasteiger partial charge is 0.297 e. The quantitative estimate of drug-likeness (QED) is 0.783. The van der Waals surface area contributed by atoms with Gasteiger partial charge in [0.15, 0.2) is 0 Å². The Morgan fingerprint density at radius 1 is 1.04 bits per heavy atom. The zero-order valence-corrected chi connectivity index (χ0v) is 13.3. The van der Waals surface area contributed by atoms with Crippen molar-refractivity contribution in [1.82, 2.24) is 0 Å². The number of halogens is 1. The SMILES string of the molecule is Cc1ccc(S(=O)(=O)OCC(O)COc2ccc(F)cc2)cc1. The second-order valence-corrected chi connectivity index (χ2v) is 6.59. The van der Waals surface area contributed by atoms with Crippen LogP contribution in [-0.4, -0.2) is 32.8 Å². The number of benzene rings is 2. The van der Waals surface area contributed by atoms with Crippen LogP contribution < -0.4 is 4.74 Å². The van der Waals surface area contributed by atoms with Gasteiger partial charge in [-0.05, 0) is 43.3 Å². The summed E-state index contributed by atoms with van der Waals surface area (Å²) in [7, 11) is -3.93. The van der Waals surface area contributed by atoms with Crippen molar-refractivity contribution >= 4 is 10.1 Å². The number of aliphatic hydroxyl groups is 1. The maximum absolute atomic E-state index is 12.7. The van der Waals surface area contributed by atoms with Gasteiger partial charge in [0.1, 0.15) is 24.3 Å². The summed E-state index contributed by atoms with van der Waals surface area (Å²) >= 11 is 0. The van der Waals surface area contributed by atoms with E-state index in [0.29, 0.717) is 5.75 Å². The van der Waals surface area contributed by atoms with Crippen LogP contribution in [0.25, 0.3) is 0 Å². The van der Waals surface area contributed by atoms with E-state index < -0.39 is 28.6 Å². The Morgan fingerprint density at radius 2 is 1.65 bits per heavy atom. The van der Waals surface area contributed by atoms with Crippen LogP contribution in [0.2, 0.25) is 0 Å². The number of hydrogen-bond donors (Lipinski definition) is 1. The van der Waals surface area contributed by atoms with Crippen LogP contribution in [0.3, 0.4) is 0 Å². The van der Waals surface area contributed by atoms with Crippen molar-refractivity contribution in [2.24, 2.45) is 0 Å². The van der Waals surface area contributed by atoms with Gasteiger partial charge in [0.05, 0.1) is 11.5 Å². The van der Waals surface area contributed by atoms with Crippen LogP contribution in [-0.2, 0) is 14.3 Å². The first-order chi connectivity index (χ1) is 10.9. The van der Waals surface area contributed by atoms with Crippen LogP contribution >= 0.6 is 0 Å². The molecule has 1 unspecified atom stereocenters. The van der Waals surface area contributed by atoms with Gasteiger partial charge in [-0.25, -0.2) is 4.39 Å². The molecule has 0 aliphatic rings. The summed E-state index contributed by atoms with van der Waals surface area (Å²) < 4.78 is 46.6. The lowest BCUT2D eigenvalue weighted by Crippen LogP contribution is -2.25. The van der Waals surface area contributed by atoms with E-state index in [0.717, 1.165) is 5.56 Å². The van der Waals surface area contributed by atoms with E-state index in [9.17, 15) is 17.9 Å². The average Bonchev–Trinajstić information content (AvgIpc) is 2.53. The Labute approximate surface area is 134 Å². The Kier molecular flexibility index (Phi) is 5.70. The van der Waals surface area contributed by atoms with Gasteiger partial charge in [0, 0.05) is 0 Å². The van der Waals surface area contributed by atoms with Crippen LogP contribution in [0.5, 0.6) is 5.75 Å². The third kappa shape index (κ3) is 5.31. The molecule has 0 aliphatic carbocycles. The lowest BCUT2D eigenvalue weighted by Gasteiger charge is -2.13. The first kappa shape index (κ1) is 17.4. The van der Waals surface area contributed by atoms with Crippen molar-refractivity contribution < 1.29 is 26.8 Å². The molecule has 0 aliphatic heterocycles. The molecule has 0 saturated heterocycles. The summed E-state index contributed by atoms with van der Waals surface area (Å²) in [6.45, 7) is 1.24. The molecule has 0 aromatic heterocycles. The maximum Gasteiger partial charge on any atom is 0.297 e. The molecule has 0 fully saturated rings. The molecular formula is C16H17FO5S. The predicted octanol–water partition coefficient (Wildman–Crippen LogP) is 2.28. The summed E-state index contributed by atoms with van der Waals surface area (Å²) in [5.74, 6) is -0.0303. The predicted molar refractivity (Wildman–Crippen MR) is 82.2 cm³/mol. The van der Waals surface area contributed by atoms with Gasteiger partial charge < -0.3 is 9.84 Å². The van der Waals surface area contributed by atoms with E-state index in [-0.39, 0.29) is 11.5 Å². The zero-order chi connectivity index (χ0) is 16.9. The van der Waals surface area contributed by atoms with Crippen molar-refractivity contribution in [3.63, 3.8) is 0 Å². The first-order valence-electron chi connectivity index (χ1n) is 6.89. The minimum absolute atomic E-state index is 0.0229. The highest BCUT2D eigenvalue weighted by Crippen LogP contribution is 2.14. The van der Waals surface area contributed by atoms with Gasteiger partial charge >= 0.3 is 0 Å². The fourth-order valence-corrected chi connectivity index (χ4v) is 2.65. The second-order valence-electron chi connectivity index (χ2n) is 4.97. The van der Waals surface area contributed by atoms with E-state index in [1.165, 1.54) is 36.4 Å². The molecule has 1 atom stereocenters. The summed E-state index contributed by atoms with van der Waals surface area (Å²) in [4.78, 5) is 0.0229. The monoisotopic (exact) mass is 340 g/mol. The fourth-order valence-electron chi connectivity index (χ4n) is 1.71. The van der Waals surface area contributed by atoms with Crippen LogP contribution in [0.1, 0.15) is 5.56 Å². The second kappa shape index (κ2) is 7.54. The normalized spacial score (nSPS) is 12.8. The van der Waals surface area contributed by atoms with Gasteiger partial charge in [0.25, 0.3) is 10.1 Å². The average molecular weight is 340 g/mol.